The highest BCUT2D eigenvalue weighted by molar-refractivity contribution is 4.87. The number of aliphatic hydroxyl groups is 1. The fraction of sp³-hybridized carbons (Fsp3) is 0.714. The molecule has 0 saturated heterocycles. The van der Waals surface area contributed by atoms with Crippen molar-refractivity contribution in [2.75, 3.05) is 13.2 Å². The highest BCUT2D eigenvalue weighted by Crippen LogP contribution is 2.03. The summed E-state index contributed by atoms with van der Waals surface area (Å²) < 4.78 is 4.93. The summed E-state index contributed by atoms with van der Waals surface area (Å²) in [7, 11) is 0. The Bertz CT molecular complexity index is 130. The van der Waals surface area contributed by atoms with Gasteiger partial charge in [0.15, 0.2) is 5.76 Å². The van der Waals surface area contributed by atoms with Crippen LogP contribution in [0.3, 0.4) is 0 Å². The molecule has 0 rings (SSSR count). The number of rotatable bonds is 5. The molecule has 4 heteroatoms. The van der Waals surface area contributed by atoms with Gasteiger partial charge in [-0.05, 0) is 13.8 Å². The quantitative estimate of drug-likeness (QED) is 0.380. The van der Waals surface area contributed by atoms with E-state index >= 15 is 0 Å². The minimum absolute atomic E-state index is 0.320. The van der Waals surface area contributed by atoms with Gasteiger partial charge in [0.25, 0.3) is 0 Å². The number of aliphatic hydroxyl groups excluding tert-OH is 1. The lowest BCUT2D eigenvalue weighted by Crippen LogP contribution is -1.99. The second-order valence-corrected chi connectivity index (χ2v) is 1.78. The van der Waals surface area contributed by atoms with Crippen LogP contribution in [-0.2, 0) is 14.5 Å². The molecule has 0 aliphatic heterocycles. The van der Waals surface area contributed by atoms with Crippen LogP contribution in [0.25, 0.3) is 0 Å². The van der Waals surface area contributed by atoms with Crippen molar-refractivity contribution in [2.24, 2.45) is 0 Å². The molecule has 11 heavy (non-hydrogen) atoms. The summed E-state index contributed by atoms with van der Waals surface area (Å²) in [5.41, 5.74) is 0. The number of hydrogen-bond donors (Lipinski definition) is 1. The Morgan fingerprint density at radius 1 is 1.27 bits per heavy atom. The molecule has 0 spiro atoms. The molecule has 0 aliphatic rings. The van der Waals surface area contributed by atoms with Gasteiger partial charge in [0.1, 0.15) is 0 Å². The first-order valence-corrected chi connectivity index (χ1v) is 3.54. The highest BCUT2D eigenvalue weighted by atomic mass is 17.2. The maximum absolute atomic E-state index is 8.99. The molecule has 0 aromatic rings. The van der Waals surface area contributed by atoms with Gasteiger partial charge in [0, 0.05) is 6.92 Å². The van der Waals surface area contributed by atoms with E-state index in [1.807, 2.05) is 6.92 Å². The van der Waals surface area contributed by atoms with Crippen LogP contribution in [0.1, 0.15) is 20.8 Å². The first kappa shape index (κ1) is 10.1. The van der Waals surface area contributed by atoms with Gasteiger partial charge < -0.3 is 9.84 Å². The molecule has 66 valence electrons. The van der Waals surface area contributed by atoms with Gasteiger partial charge in [-0.25, -0.2) is 0 Å². The summed E-state index contributed by atoms with van der Waals surface area (Å²) in [5, 5.41) is 8.99. The summed E-state index contributed by atoms with van der Waals surface area (Å²) in [5.74, 6) is -0.00495. The van der Waals surface area contributed by atoms with Gasteiger partial charge in [0.2, 0.25) is 0 Å². The number of ether oxygens (including phenoxy) is 1. The van der Waals surface area contributed by atoms with Crippen molar-refractivity contribution < 1.29 is 19.6 Å². The van der Waals surface area contributed by atoms with Crippen molar-refractivity contribution in [3.63, 3.8) is 0 Å². The van der Waals surface area contributed by atoms with E-state index in [0.717, 1.165) is 0 Å². The average molecular weight is 162 g/mol. The van der Waals surface area contributed by atoms with Crippen molar-refractivity contribution in [1.82, 2.24) is 0 Å². The van der Waals surface area contributed by atoms with Crippen molar-refractivity contribution in [3.8, 4) is 0 Å². The van der Waals surface area contributed by atoms with Crippen LogP contribution in [0, 0.1) is 0 Å². The summed E-state index contributed by atoms with van der Waals surface area (Å²) in [6.45, 7) is 6.04. The molecular weight excluding hydrogens is 148 g/mol. The summed E-state index contributed by atoms with van der Waals surface area (Å²) in [6, 6.07) is 0. The predicted octanol–water partition coefficient (Wildman–Crippen LogP) is 1.74. The minimum atomic E-state index is -0.325. The largest absolute Gasteiger partial charge is 0.491 e. The van der Waals surface area contributed by atoms with Gasteiger partial charge in [-0.1, -0.05) is 0 Å². The van der Waals surface area contributed by atoms with Crippen LogP contribution in [0.4, 0.5) is 0 Å². The van der Waals surface area contributed by atoms with E-state index in [2.05, 4.69) is 9.78 Å². The van der Waals surface area contributed by atoms with Gasteiger partial charge in [-0.2, -0.15) is 4.89 Å². The lowest BCUT2D eigenvalue weighted by atomic mass is 10.6. The molecular formula is C7H14O4. The Hall–Kier alpha value is -0.900. The minimum Gasteiger partial charge on any atom is -0.491 e. The molecule has 0 unspecified atom stereocenters. The van der Waals surface area contributed by atoms with Crippen LogP contribution in [0.5, 0.6) is 0 Å². The maximum atomic E-state index is 8.99. The molecule has 0 aromatic carbocycles. The zero-order valence-corrected chi connectivity index (χ0v) is 7.09. The summed E-state index contributed by atoms with van der Waals surface area (Å²) in [4.78, 5) is 8.89. The third kappa shape index (κ3) is 4.50. The Labute approximate surface area is 66.3 Å². The van der Waals surface area contributed by atoms with Crippen LogP contribution < -0.4 is 0 Å². The molecule has 0 bridgehead atoms. The molecule has 1 N–H and O–H groups in total. The SMILES string of the molecule is CCOOC(O)=C(C)OCC. The molecule has 0 amide bonds. The van der Waals surface area contributed by atoms with Crippen LogP contribution in [0.15, 0.2) is 11.7 Å². The number of hydrogen-bond acceptors (Lipinski definition) is 4. The molecule has 0 heterocycles. The van der Waals surface area contributed by atoms with Gasteiger partial charge >= 0.3 is 5.95 Å². The van der Waals surface area contributed by atoms with E-state index in [9.17, 15) is 0 Å². The van der Waals surface area contributed by atoms with E-state index in [-0.39, 0.29) is 5.95 Å². The second-order valence-electron chi connectivity index (χ2n) is 1.78. The smallest absolute Gasteiger partial charge is 0.352 e. The summed E-state index contributed by atoms with van der Waals surface area (Å²) >= 11 is 0. The molecule has 0 atom stereocenters. The fourth-order valence-electron chi connectivity index (χ4n) is 0.452. The Kier molecular flexibility index (Phi) is 5.37. The molecule has 0 aromatic heterocycles. The fourth-order valence-corrected chi connectivity index (χ4v) is 0.452. The Balaban J connectivity index is 3.73. The van der Waals surface area contributed by atoms with Crippen molar-refractivity contribution in [1.29, 1.82) is 0 Å². The van der Waals surface area contributed by atoms with E-state index in [1.165, 1.54) is 0 Å². The van der Waals surface area contributed by atoms with E-state index in [1.54, 1.807) is 13.8 Å². The Morgan fingerprint density at radius 2 is 1.91 bits per heavy atom. The first-order chi connectivity index (χ1) is 5.22. The zero-order chi connectivity index (χ0) is 8.69. The molecule has 0 aliphatic carbocycles. The molecule has 4 nitrogen and oxygen atoms in total. The van der Waals surface area contributed by atoms with E-state index in [0.29, 0.717) is 19.0 Å². The van der Waals surface area contributed by atoms with Crippen LogP contribution >= 0.6 is 0 Å². The van der Waals surface area contributed by atoms with Gasteiger partial charge in [-0.3, -0.25) is 4.89 Å². The van der Waals surface area contributed by atoms with E-state index < -0.39 is 0 Å². The predicted molar refractivity (Wildman–Crippen MR) is 39.7 cm³/mol. The maximum Gasteiger partial charge on any atom is 0.352 e. The normalized spacial score (nSPS) is 12.3. The third-order valence-corrected chi connectivity index (χ3v) is 0.918. The first-order valence-electron chi connectivity index (χ1n) is 3.54. The van der Waals surface area contributed by atoms with Crippen molar-refractivity contribution in [3.05, 3.63) is 11.7 Å². The molecule has 0 radical (unpaired) electrons. The van der Waals surface area contributed by atoms with Crippen LogP contribution in [0.2, 0.25) is 0 Å². The van der Waals surface area contributed by atoms with Crippen molar-refractivity contribution >= 4 is 0 Å². The lowest BCUT2D eigenvalue weighted by Gasteiger charge is -2.05. The lowest BCUT2D eigenvalue weighted by molar-refractivity contribution is -0.286. The summed E-state index contributed by atoms with van der Waals surface area (Å²) in [6.07, 6.45) is 0. The molecule has 0 saturated carbocycles. The van der Waals surface area contributed by atoms with Gasteiger partial charge in [0.05, 0.1) is 13.2 Å². The second kappa shape index (κ2) is 5.85. The number of allylic oxidation sites excluding steroid dienone is 1. The molecule has 0 fully saturated rings. The highest BCUT2D eigenvalue weighted by Gasteiger charge is 2.01. The standard InChI is InChI=1S/C7H14O4/c1-4-9-6(3)7(8)11-10-5-2/h8H,4-5H2,1-3H3. The Morgan fingerprint density at radius 3 is 2.36 bits per heavy atom. The third-order valence-electron chi connectivity index (χ3n) is 0.918. The average Bonchev–Trinajstić information content (AvgIpc) is 2.00. The van der Waals surface area contributed by atoms with Crippen molar-refractivity contribution in [2.45, 2.75) is 20.8 Å². The monoisotopic (exact) mass is 162 g/mol. The van der Waals surface area contributed by atoms with Gasteiger partial charge in [-0.15, -0.1) is 0 Å². The zero-order valence-electron chi connectivity index (χ0n) is 7.09. The van der Waals surface area contributed by atoms with E-state index in [4.69, 9.17) is 9.84 Å². The topological polar surface area (TPSA) is 47.9 Å². The van der Waals surface area contributed by atoms with Crippen LogP contribution in [-0.4, -0.2) is 18.3 Å².